The van der Waals surface area contributed by atoms with Gasteiger partial charge in [0, 0.05) is 5.57 Å². The summed E-state index contributed by atoms with van der Waals surface area (Å²) in [6.45, 7) is 6.25. The minimum Gasteiger partial charge on any atom is -0.394 e. The van der Waals surface area contributed by atoms with Gasteiger partial charge in [-0.15, -0.1) is 0 Å². The van der Waals surface area contributed by atoms with E-state index in [0.717, 1.165) is 0 Å². The summed E-state index contributed by atoms with van der Waals surface area (Å²) < 4.78 is 0. The highest BCUT2D eigenvalue weighted by Crippen LogP contribution is 1.89. The molecule has 5 heteroatoms. The zero-order valence-electron chi connectivity index (χ0n) is 8.11. The molecule has 78 valence electrons. The molecule has 13 heavy (non-hydrogen) atoms. The molecule has 0 radical (unpaired) electrons. The van der Waals surface area contributed by atoms with Crippen molar-refractivity contribution >= 4 is 5.97 Å². The van der Waals surface area contributed by atoms with Gasteiger partial charge in [0.25, 0.3) is 0 Å². The van der Waals surface area contributed by atoms with E-state index in [-0.39, 0.29) is 6.61 Å². The molecule has 0 heterocycles. The van der Waals surface area contributed by atoms with Crippen LogP contribution in [0.2, 0.25) is 0 Å². The minimum atomic E-state index is -0.560. The average Bonchev–Trinajstić information content (AvgIpc) is 2.06. The highest BCUT2D eigenvalue weighted by molar-refractivity contribution is 5.86. The van der Waals surface area contributed by atoms with E-state index in [4.69, 9.17) is 10.2 Å². The minimum absolute atomic E-state index is 0.139. The molecule has 1 unspecified atom stereocenters. The van der Waals surface area contributed by atoms with E-state index in [9.17, 15) is 4.79 Å². The number of carbonyl (C=O) groups excluding carboxylic acids is 1. The molecule has 0 saturated carbocycles. The number of hydrogen-bond acceptors (Lipinski definition) is 5. The van der Waals surface area contributed by atoms with Crippen LogP contribution in [0.1, 0.15) is 13.8 Å². The predicted octanol–water partition coefficient (Wildman–Crippen LogP) is 0.0266. The maximum absolute atomic E-state index is 10.3. The van der Waals surface area contributed by atoms with Crippen molar-refractivity contribution < 1.29 is 24.8 Å². The van der Waals surface area contributed by atoms with E-state index in [1.165, 1.54) is 14.0 Å². The fourth-order valence-corrected chi connectivity index (χ4v) is 0.147. The van der Waals surface area contributed by atoms with E-state index in [1.807, 2.05) is 0 Å². The summed E-state index contributed by atoms with van der Waals surface area (Å²) in [5.41, 5.74) is 0.326. The second kappa shape index (κ2) is 9.18. The van der Waals surface area contributed by atoms with Gasteiger partial charge in [-0.1, -0.05) is 6.58 Å². The quantitative estimate of drug-likeness (QED) is 0.374. The lowest BCUT2D eigenvalue weighted by molar-refractivity contribution is -0.250. The Kier molecular flexibility index (Phi) is 10.3. The van der Waals surface area contributed by atoms with Crippen LogP contribution in [0.4, 0.5) is 0 Å². The van der Waals surface area contributed by atoms with Crippen molar-refractivity contribution in [1.29, 1.82) is 0 Å². The van der Waals surface area contributed by atoms with Gasteiger partial charge in [0.1, 0.15) is 0 Å². The molecule has 1 atom stereocenters. The molecule has 0 aromatic carbocycles. The van der Waals surface area contributed by atoms with Crippen molar-refractivity contribution in [3.05, 3.63) is 12.2 Å². The molecule has 0 rings (SSSR count). The summed E-state index contributed by atoms with van der Waals surface area (Å²) in [5.74, 6) is -0.535. The summed E-state index contributed by atoms with van der Waals surface area (Å²) in [7, 11) is 1.26. The Morgan fingerprint density at radius 2 is 2.00 bits per heavy atom. The molecule has 0 amide bonds. The predicted molar refractivity (Wildman–Crippen MR) is 46.7 cm³/mol. The summed E-state index contributed by atoms with van der Waals surface area (Å²) in [6, 6.07) is 0. The molecule has 0 saturated heterocycles. The van der Waals surface area contributed by atoms with Gasteiger partial charge in [-0.05, 0) is 13.8 Å². The Balaban J connectivity index is 0. The zero-order valence-corrected chi connectivity index (χ0v) is 8.11. The molecule has 0 bridgehead atoms. The van der Waals surface area contributed by atoms with E-state index < -0.39 is 12.1 Å². The van der Waals surface area contributed by atoms with Crippen LogP contribution in [0.15, 0.2) is 12.2 Å². The van der Waals surface area contributed by atoms with Crippen LogP contribution in [0, 0.1) is 0 Å². The molecule has 5 nitrogen and oxygen atoms in total. The van der Waals surface area contributed by atoms with Gasteiger partial charge in [0.05, 0.1) is 19.8 Å². The van der Waals surface area contributed by atoms with Gasteiger partial charge < -0.3 is 10.2 Å². The normalized spacial score (nSPS) is 10.8. The van der Waals surface area contributed by atoms with Gasteiger partial charge in [-0.2, -0.15) is 4.89 Å². The molecular weight excluding hydrogens is 176 g/mol. The molecule has 0 aromatic heterocycles. The largest absolute Gasteiger partial charge is 0.394 e. The van der Waals surface area contributed by atoms with Crippen molar-refractivity contribution in [2.24, 2.45) is 0 Å². The maximum Gasteiger partial charge on any atom is 0.368 e. The maximum atomic E-state index is 10.3. The number of carbonyl (C=O) groups is 1. The van der Waals surface area contributed by atoms with Crippen LogP contribution in [0.25, 0.3) is 0 Å². The molecule has 0 aliphatic carbocycles. The fourth-order valence-electron chi connectivity index (χ4n) is 0.147. The van der Waals surface area contributed by atoms with Gasteiger partial charge in [-0.25, -0.2) is 4.79 Å². The Bertz CT molecular complexity index is 153. The van der Waals surface area contributed by atoms with Crippen molar-refractivity contribution in [2.75, 3.05) is 13.7 Å². The lowest BCUT2D eigenvalue weighted by atomic mass is 10.4. The van der Waals surface area contributed by atoms with Gasteiger partial charge in [0.2, 0.25) is 0 Å². The first-order chi connectivity index (χ1) is 5.95. The Labute approximate surface area is 77.5 Å². The third-order valence-electron chi connectivity index (χ3n) is 0.772. The topological polar surface area (TPSA) is 76.0 Å². The highest BCUT2D eigenvalue weighted by Gasteiger charge is 2.00. The highest BCUT2D eigenvalue weighted by atomic mass is 17.2. The third-order valence-corrected chi connectivity index (χ3v) is 0.772. The van der Waals surface area contributed by atoms with Crippen LogP contribution in [0.3, 0.4) is 0 Å². The van der Waals surface area contributed by atoms with Gasteiger partial charge >= 0.3 is 5.97 Å². The summed E-state index contributed by atoms with van der Waals surface area (Å²) in [5, 5.41) is 16.0. The van der Waals surface area contributed by atoms with E-state index >= 15 is 0 Å². The summed E-state index contributed by atoms with van der Waals surface area (Å²) in [4.78, 5) is 18.4. The number of rotatable bonds is 3. The number of aliphatic hydroxyl groups is 2. The Morgan fingerprint density at radius 3 is 2.08 bits per heavy atom. The number of aliphatic hydroxyl groups excluding tert-OH is 2. The average molecular weight is 192 g/mol. The fraction of sp³-hybridized carbons (Fsp3) is 0.625. The molecule has 2 N–H and O–H groups in total. The molecule has 0 aliphatic heterocycles. The second-order valence-corrected chi connectivity index (χ2v) is 2.35. The Morgan fingerprint density at radius 1 is 1.62 bits per heavy atom. The van der Waals surface area contributed by atoms with E-state index in [0.29, 0.717) is 5.57 Å². The first-order valence-electron chi connectivity index (χ1n) is 3.65. The third kappa shape index (κ3) is 14.0. The first kappa shape index (κ1) is 14.6. The SMILES string of the molecule is C=C(C)C(=O)OOC.CC(O)CO. The lowest BCUT2D eigenvalue weighted by Crippen LogP contribution is -2.03. The Hall–Kier alpha value is -0.910. The van der Waals surface area contributed by atoms with Crippen molar-refractivity contribution in [1.82, 2.24) is 0 Å². The second-order valence-electron chi connectivity index (χ2n) is 2.35. The van der Waals surface area contributed by atoms with Crippen LogP contribution >= 0.6 is 0 Å². The molecule has 0 aromatic rings. The van der Waals surface area contributed by atoms with E-state index in [2.05, 4.69) is 16.4 Å². The van der Waals surface area contributed by atoms with E-state index in [1.54, 1.807) is 6.92 Å². The summed E-state index contributed by atoms with van der Waals surface area (Å²) >= 11 is 0. The molecular formula is C8H16O5. The smallest absolute Gasteiger partial charge is 0.368 e. The van der Waals surface area contributed by atoms with Crippen molar-refractivity contribution in [3.63, 3.8) is 0 Å². The van der Waals surface area contributed by atoms with Gasteiger partial charge in [0.15, 0.2) is 0 Å². The van der Waals surface area contributed by atoms with Crippen LogP contribution < -0.4 is 0 Å². The molecule has 0 aliphatic rings. The lowest BCUT2D eigenvalue weighted by Gasteiger charge is -1.94. The van der Waals surface area contributed by atoms with Crippen molar-refractivity contribution in [3.8, 4) is 0 Å². The van der Waals surface area contributed by atoms with Gasteiger partial charge in [-0.3, -0.25) is 4.89 Å². The van der Waals surface area contributed by atoms with Crippen molar-refractivity contribution in [2.45, 2.75) is 20.0 Å². The number of hydrogen-bond donors (Lipinski definition) is 2. The molecule has 0 fully saturated rings. The summed E-state index contributed by atoms with van der Waals surface area (Å²) in [6.07, 6.45) is -0.560. The molecule has 0 spiro atoms. The van der Waals surface area contributed by atoms with Crippen LogP contribution in [-0.2, 0) is 14.6 Å². The zero-order chi connectivity index (χ0) is 10.9. The monoisotopic (exact) mass is 192 g/mol. The first-order valence-corrected chi connectivity index (χ1v) is 3.65. The van der Waals surface area contributed by atoms with Crippen LogP contribution in [0.5, 0.6) is 0 Å². The van der Waals surface area contributed by atoms with Crippen LogP contribution in [-0.4, -0.2) is 36.0 Å². The standard InChI is InChI=1S/C5H8O3.C3H8O2/c1-4(2)5(6)8-7-3;1-3(5)2-4/h1H2,2-3H3;3-5H,2H2,1H3.